The minimum Gasteiger partial charge on any atom is -0.345 e. The molecule has 2 heterocycles. The second-order valence-corrected chi connectivity index (χ2v) is 3.66. The molecule has 4 heteroatoms. The molecule has 0 aliphatic carbocycles. The predicted molar refractivity (Wildman–Crippen MR) is 49.4 cm³/mol. The molecule has 2 aliphatic rings. The summed E-state index contributed by atoms with van der Waals surface area (Å²) in [6.45, 7) is 3.10. The highest BCUT2D eigenvalue weighted by molar-refractivity contribution is 5.85. The van der Waals surface area contributed by atoms with Crippen LogP contribution in [0.3, 0.4) is 0 Å². The second-order valence-electron chi connectivity index (χ2n) is 3.66. The van der Waals surface area contributed by atoms with Crippen molar-refractivity contribution in [3.05, 3.63) is 0 Å². The summed E-state index contributed by atoms with van der Waals surface area (Å²) in [5.74, 6) is 1.66. The van der Waals surface area contributed by atoms with Crippen LogP contribution in [0.25, 0.3) is 0 Å². The zero-order chi connectivity index (χ0) is 7.84. The molecule has 2 aliphatic heterocycles. The summed E-state index contributed by atoms with van der Waals surface area (Å²) in [5.41, 5.74) is 0. The van der Waals surface area contributed by atoms with Crippen LogP contribution in [0, 0.1) is 11.8 Å². The number of hydrogen-bond acceptors (Lipinski definition) is 2. The van der Waals surface area contributed by atoms with Crippen LogP contribution in [0.2, 0.25) is 0 Å². The van der Waals surface area contributed by atoms with E-state index in [-0.39, 0.29) is 12.4 Å². The smallest absolute Gasteiger partial charge is 0.222 e. The van der Waals surface area contributed by atoms with Gasteiger partial charge < -0.3 is 10.2 Å². The van der Waals surface area contributed by atoms with Crippen LogP contribution in [0.5, 0.6) is 0 Å². The topological polar surface area (TPSA) is 32.3 Å². The van der Waals surface area contributed by atoms with E-state index in [2.05, 4.69) is 5.32 Å². The number of likely N-dealkylation sites (tertiary alicyclic amines) is 1. The molecule has 0 aromatic heterocycles. The van der Waals surface area contributed by atoms with Gasteiger partial charge in [-0.1, -0.05) is 0 Å². The molecule has 0 spiro atoms. The van der Waals surface area contributed by atoms with Gasteiger partial charge in [0.25, 0.3) is 0 Å². The molecule has 2 atom stereocenters. The molecule has 2 saturated heterocycles. The summed E-state index contributed by atoms with van der Waals surface area (Å²) in [4.78, 5) is 13.1. The third-order valence-corrected chi connectivity index (χ3v) is 2.85. The Hall–Kier alpha value is -0.280. The van der Waals surface area contributed by atoms with Crippen molar-refractivity contribution in [3.8, 4) is 0 Å². The van der Waals surface area contributed by atoms with E-state index in [1.54, 1.807) is 0 Å². The maximum absolute atomic E-state index is 11.2. The third kappa shape index (κ3) is 1.57. The van der Waals surface area contributed by atoms with Gasteiger partial charge in [-0.25, -0.2) is 0 Å². The van der Waals surface area contributed by atoms with E-state index in [4.69, 9.17) is 0 Å². The van der Waals surface area contributed by atoms with E-state index in [1.165, 1.54) is 0 Å². The molecule has 0 aromatic carbocycles. The van der Waals surface area contributed by atoms with Gasteiger partial charge in [0.1, 0.15) is 0 Å². The lowest BCUT2D eigenvalue weighted by Gasteiger charge is -2.31. The van der Waals surface area contributed by atoms with E-state index < -0.39 is 0 Å². The van der Waals surface area contributed by atoms with Crippen LogP contribution in [0.4, 0.5) is 0 Å². The Morgan fingerprint density at radius 2 is 2.08 bits per heavy atom. The number of rotatable bonds is 0. The number of halogens is 1. The third-order valence-electron chi connectivity index (χ3n) is 2.85. The summed E-state index contributed by atoms with van der Waals surface area (Å²) in [7, 11) is 1.90. The highest BCUT2D eigenvalue weighted by atomic mass is 35.5. The Balaban J connectivity index is 0.000000720. The molecule has 0 bridgehead atoms. The van der Waals surface area contributed by atoms with E-state index in [0.717, 1.165) is 32.0 Å². The van der Waals surface area contributed by atoms with Crippen molar-refractivity contribution in [2.45, 2.75) is 6.42 Å². The molecule has 0 aromatic rings. The molecule has 1 amide bonds. The minimum atomic E-state index is 0. The van der Waals surface area contributed by atoms with Gasteiger partial charge in [0, 0.05) is 20.0 Å². The van der Waals surface area contributed by atoms with Crippen LogP contribution in [0.1, 0.15) is 6.42 Å². The summed E-state index contributed by atoms with van der Waals surface area (Å²) in [6.07, 6.45) is 0.758. The number of carbonyl (C=O) groups is 1. The first-order valence-electron chi connectivity index (χ1n) is 4.22. The van der Waals surface area contributed by atoms with Gasteiger partial charge in [0.05, 0.1) is 0 Å². The number of carbonyl (C=O) groups excluding carboxylic acids is 1. The summed E-state index contributed by atoms with van der Waals surface area (Å²) >= 11 is 0. The Bertz CT molecular complexity index is 186. The van der Waals surface area contributed by atoms with Gasteiger partial charge in [0.2, 0.25) is 5.91 Å². The Kier molecular flexibility index (Phi) is 2.96. The Morgan fingerprint density at radius 1 is 1.42 bits per heavy atom. The number of piperidine rings is 1. The van der Waals surface area contributed by atoms with E-state index in [0.29, 0.717) is 11.8 Å². The monoisotopic (exact) mass is 190 g/mol. The van der Waals surface area contributed by atoms with Crippen molar-refractivity contribution >= 4 is 18.3 Å². The van der Waals surface area contributed by atoms with E-state index in [9.17, 15) is 4.79 Å². The fraction of sp³-hybridized carbons (Fsp3) is 0.875. The van der Waals surface area contributed by atoms with Crippen molar-refractivity contribution in [2.75, 3.05) is 26.7 Å². The second kappa shape index (κ2) is 3.62. The first-order valence-corrected chi connectivity index (χ1v) is 4.22. The van der Waals surface area contributed by atoms with Crippen LogP contribution in [-0.2, 0) is 4.79 Å². The molecule has 12 heavy (non-hydrogen) atoms. The Labute approximate surface area is 78.9 Å². The quantitative estimate of drug-likeness (QED) is 0.588. The van der Waals surface area contributed by atoms with Gasteiger partial charge in [0.15, 0.2) is 0 Å². The molecule has 1 N–H and O–H groups in total. The van der Waals surface area contributed by atoms with Gasteiger partial charge in [-0.3, -0.25) is 4.79 Å². The van der Waals surface area contributed by atoms with Crippen LogP contribution >= 0.6 is 12.4 Å². The van der Waals surface area contributed by atoms with Crippen molar-refractivity contribution in [2.24, 2.45) is 11.8 Å². The van der Waals surface area contributed by atoms with Crippen molar-refractivity contribution in [1.82, 2.24) is 10.2 Å². The number of amides is 1. The molecular formula is C8H15ClN2O. The van der Waals surface area contributed by atoms with E-state index in [1.807, 2.05) is 11.9 Å². The SMILES string of the molecule is CN1CC2CNCC2CC1=O.Cl. The maximum Gasteiger partial charge on any atom is 0.222 e. The molecule has 0 saturated carbocycles. The molecule has 2 fully saturated rings. The zero-order valence-electron chi connectivity index (χ0n) is 7.25. The molecule has 2 unspecified atom stereocenters. The number of nitrogens with one attached hydrogen (secondary N) is 1. The molecule has 0 radical (unpaired) electrons. The van der Waals surface area contributed by atoms with E-state index >= 15 is 0 Å². The van der Waals surface area contributed by atoms with Crippen LogP contribution < -0.4 is 5.32 Å². The molecular weight excluding hydrogens is 176 g/mol. The van der Waals surface area contributed by atoms with Crippen LogP contribution in [0.15, 0.2) is 0 Å². The Morgan fingerprint density at radius 3 is 2.83 bits per heavy atom. The van der Waals surface area contributed by atoms with Crippen molar-refractivity contribution in [3.63, 3.8) is 0 Å². The van der Waals surface area contributed by atoms with Crippen molar-refractivity contribution in [1.29, 1.82) is 0 Å². The predicted octanol–water partition coefficient (Wildman–Crippen LogP) is 0.106. The fourth-order valence-electron chi connectivity index (χ4n) is 2.07. The number of hydrogen-bond donors (Lipinski definition) is 1. The van der Waals surface area contributed by atoms with Gasteiger partial charge in [-0.05, 0) is 24.9 Å². The minimum absolute atomic E-state index is 0. The first kappa shape index (κ1) is 9.81. The molecule has 2 rings (SSSR count). The van der Waals surface area contributed by atoms with Gasteiger partial charge in [-0.2, -0.15) is 0 Å². The lowest BCUT2D eigenvalue weighted by atomic mass is 9.88. The van der Waals surface area contributed by atoms with Crippen molar-refractivity contribution < 1.29 is 4.79 Å². The highest BCUT2D eigenvalue weighted by Crippen LogP contribution is 2.26. The lowest BCUT2D eigenvalue weighted by molar-refractivity contribution is -0.134. The molecule has 3 nitrogen and oxygen atoms in total. The van der Waals surface area contributed by atoms with Gasteiger partial charge >= 0.3 is 0 Å². The zero-order valence-corrected chi connectivity index (χ0v) is 8.06. The largest absolute Gasteiger partial charge is 0.345 e. The first-order chi connectivity index (χ1) is 5.27. The highest BCUT2D eigenvalue weighted by Gasteiger charge is 2.35. The molecule has 70 valence electrons. The average Bonchev–Trinajstić information content (AvgIpc) is 2.36. The normalized spacial score (nSPS) is 34.4. The lowest BCUT2D eigenvalue weighted by Crippen LogP contribution is -2.41. The van der Waals surface area contributed by atoms with Gasteiger partial charge in [-0.15, -0.1) is 12.4 Å². The summed E-state index contributed by atoms with van der Waals surface area (Å²) in [6, 6.07) is 0. The standard InChI is InChI=1S/C8H14N2O.ClH/c1-10-5-7-4-9-3-6(7)2-8(10)11;/h6-7,9H,2-5H2,1H3;1H. The fourth-order valence-corrected chi connectivity index (χ4v) is 2.07. The maximum atomic E-state index is 11.2. The summed E-state index contributed by atoms with van der Waals surface area (Å²) in [5, 5.41) is 3.33. The number of nitrogens with zero attached hydrogens (tertiary/aromatic N) is 1. The average molecular weight is 191 g/mol. The summed E-state index contributed by atoms with van der Waals surface area (Å²) < 4.78 is 0. The van der Waals surface area contributed by atoms with Crippen LogP contribution in [-0.4, -0.2) is 37.5 Å². The number of fused-ring (bicyclic) bond motifs is 1.